The normalized spacial score (nSPS) is 11.3. The van der Waals surface area contributed by atoms with Crippen molar-refractivity contribution < 1.29 is 0 Å². The molecule has 0 bridgehead atoms. The van der Waals surface area contributed by atoms with Gasteiger partial charge < -0.3 is 0 Å². The van der Waals surface area contributed by atoms with Crippen molar-refractivity contribution >= 4 is 32.4 Å². The lowest BCUT2D eigenvalue weighted by molar-refractivity contribution is 1.07. The molecule has 0 N–H and O–H groups in total. The highest BCUT2D eigenvalue weighted by atomic mass is 15.0. The van der Waals surface area contributed by atoms with Crippen LogP contribution in [0.5, 0.6) is 0 Å². The molecule has 0 saturated heterocycles. The molecular weight excluding hydrogens is 729 g/mol. The molecule has 0 atom stereocenters. The molecule has 4 heteroatoms. The van der Waals surface area contributed by atoms with Gasteiger partial charge in [-0.15, -0.1) is 0 Å². The van der Waals surface area contributed by atoms with Gasteiger partial charge in [-0.3, -0.25) is 0 Å². The summed E-state index contributed by atoms with van der Waals surface area (Å²) >= 11 is 0. The Kier molecular flexibility index (Phi) is 8.79. The Bertz CT molecular complexity index is 3310. The Morgan fingerprint density at radius 1 is 0.217 bits per heavy atom. The topological polar surface area (TPSA) is 51.6 Å². The lowest BCUT2D eigenvalue weighted by atomic mass is 9.96. The van der Waals surface area contributed by atoms with E-state index in [1.807, 2.05) is 36.4 Å². The number of rotatable bonds is 7. The molecule has 0 aliphatic heterocycles. The van der Waals surface area contributed by atoms with E-state index in [0.717, 1.165) is 66.7 Å². The van der Waals surface area contributed by atoms with Gasteiger partial charge in [0.15, 0.2) is 17.5 Å². The summed E-state index contributed by atoms with van der Waals surface area (Å²) in [5, 5.41) is 5.98. The van der Waals surface area contributed by atoms with E-state index in [-0.39, 0.29) is 0 Å². The largest absolute Gasteiger partial charge is 0.247 e. The van der Waals surface area contributed by atoms with Gasteiger partial charge in [0, 0.05) is 33.0 Å². The summed E-state index contributed by atoms with van der Waals surface area (Å²) in [4.78, 5) is 20.1. The Morgan fingerprint density at radius 2 is 0.550 bits per heavy atom. The summed E-state index contributed by atoms with van der Waals surface area (Å²) in [7, 11) is 0. The molecule has 0 aliphatic rings. The molecule has 0 fully saturated rings. The molecule has 4 nitrogen and oxygen atoms in total. The average Bonchev–Trinajstić information content (AvgIpc) is 3.34. The highest BCUT2D eigenvalue weighted by molar-refractivity contribution is 6.14. The summed E-state index contributed by atoms with van der Waals surface area (Å²) in [6, 6.07) is 76.5. The van der Waals surface area contributed by atoms with Gasteiger partial charge in [-0.1, -0.05) is 206 Å². The van der Waals surface area contributed by atoms with Crippen molar-refractivity contribution in [3.05, 3.63) is 218 Å². The van der Waals surface area contributed by atoms with Gasteiger partial charge in [0.2, 0.25) is 0 Å². The standard InChI is InChI=1S/C56H36N4/c1-3-11-37(12-4-1)38-25-31-45(32-26-38)55-58-54(44-13-5-2-6-14-44)59-56(60-55)46-33-27-42(28-34-46)40-21-19-39(20-22-40)41-23-29-43(30-24-41)53-50-18-10-9-17-49(50)51-35-47-15-7-8-16-48(47)36-52(51)57-53/h1-36H. The molecule has 280 valence electrons. The zero-order valence-electron chi connectivity index (χ0n) is 32.6. The molecule has 2 heterocycles. The van der Waals surface area contributed by atoms with E-state index in [0.29, 0.717) is 17.5 Å². The fourth-order valence-corrected chi connectivity index (χ4v) is 8.14. The van der Waals surface area contributed by atoms with Gasteiger partial charge in [-0.05, 0) is 61.7 Å². The quantitative estimate of drug-likeness (QED) is 0.120. The zero-order chi connectivity index (χ0) is 39.8. The summed E-state index contributed by atoms with van der Waals surface area (Å²) in [5.41, 5.74) is 12.8. The minimum absolute atomic E-state index is 0.636. The van der Waals surface area contributed by atoms with Crippen molar-refractivity contribution in [2.75, 3.05) is 0 Å². The molecule has 0 saturated carbocycles. The number of aromatic nitrogens is 4. The van der Waals surface area contributed by atoms with Crippen molar-refractivity contribution in [1.29, 1.82) is 0 Å². The smallest absolute Gasteiger partial charge is 0.164 e. The van der Waals surface area contributed by atoms with Crippen LogP contribution in [-0.2, 0) is 0 Å². The molecule has 11 rings (SSSR count). The molecule has 11 aromatic rings. The number of benzene rings is 9. The second kappa shape index (κ2) is 15.0. The van der Waals surface area contributed by atoms with Gasteiger partial charge in [-0.25, -0.2) is 19.9 Å². The zero-order valence-corrected chi connectivity index (χ0v) is 32.6. The predicted octanol–water partition coefficient (Wildman–Crippen LogP) is 14.4. The monoisotopic (exact) mass is 764 g/mol. The van der Waals surface area contributed by atoms with E-state index < -0.39 is 0 Å². The first kappa shape index (κ1) is 35.1. The maximum atomic E-state index is 5.23. The predicted molar refractivity (Wildman–Crippen MR) is 248 cm³/mol. The Hall–Kier alpha value is -8.08. The first-order valence-corrected chi connectivity index (χ1v) is 20.2. The lowest BCUT2D eigenvalue weighted by Gasteiger charge is -2.12. The van der Waals surface area contributed by atoms with E-state index in [1.54, 1.807) is 0 Å². The van der Waals surface area contributed by atoms with Crippen LogP contribution in [0.25, 0.3) is 111 Å². The SMILES string of the molecule is c1ccc(-c2ccc(-c3nc(-c4ccccc4)nc(-c4ccc(-c5ccc(-c6ccc(-c7nc8cc9ccccc9cc8c8ccccc78)cc6)cc5)cc4)n3)cc2)cc1. The van der Waals surface area contributed by atoms with Crippen LogP contribution >= 0.6 is 0 Å². The van der Waals surface area contributed by atoms with Crippen LogP contribution in [0.2, 0.25) is 0 Å². The van der Waals surface area contributed by atoms with Crippen LogP contribution in [-0.4, -0.2) is 19.9 Å². The summed E-state index contributed by atoms with van der Waals surface area (Å²) in [5.74, 6) is 1.92. The van der Waals surface area contributed by atoms with Crippen LogP contribution in [0.1, 0.15) is 0 Å². The number of nitrogens with zero attached hydrogens (tertiary/aromatic N) is 4. The average molecular weight is 765 g/mol. The van der Waals surface area contributed by atoms with Gasteiger partial charge in [0.25, 0.3) is 0 Å². The van der Waals surface area contributed by atoms with Gasteiger partial charge >= 0.3 is 0 Å². The minimum atomic E-state index is 0.636. The van der Waals surface area contributed by atoms with Crippen molar-refractivity contribution in [3.63, 3.8) is 0 Å². The first-order chi connectivity index (χ1) is 29.7. The fourth-order valence-electron chi connectivity index (χ4n) is 8.14. The van der Waals surface area contributed by atoms with Crippen LogP contribution in [0, 0.1) is 0 Å². The highest BCUT2D eigenvalue weighted by Gasteiger charge is 2.14. The van der Waals surface area contributed by atoms with Crippen molar-refractivity contribution in [1.82, 2.24) is 19.9 Å². The molecule has 2 aromatic heterocycles. The molecule has 0 aliphatic carbocycles. The summed E-state index contributed by atoms with van der Waals surface area (Å²) < 4.78 is 0. The number of hydrogen-bond acceptors (Lipinski definition) is 4. The minimum Gasteiger partial charge on any atom is -0.247 e. The number of hydrogen-bond donors (Lipinski definition) is 0. The van der Waals surface area contributed by atoms with Crippen molar-refractivity contribution in [2.45, 2.75) is 0 Å². The third-order valence-electron chi connectivity index (χ3n) is 11.3. The first-order valence-electron chi connectivity index (χ1n) is 20.2. The molecule has 0 amide bonds. The van der Waals surface area contributed by atoms with E-state index in [4.69, 9.17) is 19.9 Å². The molecule has 0 radical (unpaired) electrons. The Balaban J connectivity index is 0.864. The second-order valence-electron chi connectivity index (χ2n) is 15.1. The van der Waals surface area contributed by atoms with Gasteiger partial charge in [-0.2, -0.15) is 0 Å². The highest BCUT2D eigenvalue weighted by Crippen LogP contribution is 2.36. The van der Waals surface area contributed by atoms with Gasteiger partial charge in [0.05, 0.1) is 11.2 Å². The van der Waals surface area contributed by atoms with Crippen LogP contribution in [0.3, 0.4) is 0 Å². The molecule has 0 spiro atoms. The third-order valence-corrected chi connectivity index (χ3v) is 11.3. The molecular formula is C56H36N4. The molecule has 9 aromatic carbocycles. The van der Waals surface area contributed by atoms with Gasteiger partial charge in [0.1, 0.15) is 0 Å². The number of pyridine rings is 1. The van der Waals surface area contributed by atoms with Crippen molar-refractivity contribution in [3.8, 4) is 78.8 Å². The Morgan fingerprint density at radius 3 is 1.03 bits per heavy atom. The number of fused-ring (bicyclic) bond motifs is 4. The van der Waals surface area contributed by atoms with Crippen LogP contribution in [0.15, 0.2) is 218 Å². The fraction of sp³-hybridized carbons (Fsp3) is 0. The maximum absolute atomic E-state index is 5.23. The molecule has 0 unspecified atom stereocenters. The van der Waals surface area contributed by atoms with Crippen LogP contribution < -0.4 is 0 Å². The second-order valence-corrected chi connectivity index (χ2v) is 15.1. The molecule has 60 heavy (non-hydrogen) atoms. The summed E-state index contributed by atoms with van der Waals surface area (Å²) in [6.07, 6.45) is 0. The van der Waals surface area contributed by atoms with E-state index in [1.165, 1.54) is 27.1 Å². The third kappa shape index (κ3) is 6.66. The Labute approximate surface area is 348 Å². The maximum Gasteiger partial charge on any atom is 0.164 e. The van der Waals surface area contributed by atoms with E-state index >= 15 is 0 Å². The van der Waals surface area contributed by atoms with Crippen LogP contribution in [0.4, 0.5) is 0 Å². The van der Waals surface area contributed by atoms with Crippen molar-refractivity contribution in [2.24, 2.45) is 0 Å². The van der Waals surface area contributed by atoms with E-state index in [9.17, 15) is 0 Å². The lowest BCUT2D eigenvalue weighted by Crippen LogP contribution is -2.00. The van der Waals surface area contributed by atoms with E-state index in [2.05, 4.69) is 182 Å². The summed E-state index contributed by atoms with van der Waals surface area (Å²) in [6.45, 7) is 0.